The Morgan fingerprint density at radius 3 is 2.50 bits per heavy atom. The molecule has 32 heavy (non-hydrogen) atoms. The molecular weight excluding hydrogens is 470 g/mol. The van der Waals surface area contributed by atoms with Gasteiger partial charge in [0.25, 0.3) is 0 Å². The Labute approximate surface area is 201 Å². The van der Waals surface area contributed by atoms with Gasteiger partial charge in [-0.1, -0.05) is 46.7 Å². The first-order valence-electron chi connectivity index (χ1n) is 10.5. The number of phenolic OH excluding ortho intramolecular Hbond substituents is 1. The van der Waals surface area contributed by atoms with Gasteiger partial charge >= 0.3 is 11.9 Å². The summed E-state index contributed by atoms with van der Waals surface area (Å²) >= 11 is 1.40. The molecule has 1 heterocycles. The van der Waals surface area contributed by atoms with Crippen molar-refractivity contribution in [3.63, 3.8) is 0 Å². The normalized spacial score (nSPS) is 18.4. The van der Waals surface area contributed by atoms with E-state index in [2.05, 4.69) is 6.92 Å². The maximum absolute atomic E-state index is 13.1. The Bertz CT molecular complexity index is 798. The molecule has 0 aromatic heterocycles. The van der Waals surface area contributed by atoms with Crippen LogP contribution in [0, 0.1) is 5.41 Å². The van der Waals surface area contributed by atoms with E-state index in [1.807, 2.05) is 0 Å². The second-order valence-corrected chi connectivity index (χ2v) is 12.0. The molecule has 1 aromatic rings. The van der Waals surface area contributed by atoms with E-state index < -0.39 is 35.6 Å². The van der Waals surface area contributed by atoms with E-state index in [9.17, 15) is 19.5 Å². The molecule has 7 nitrogen and oxygen atoms in total. The number of hydrogen-bond acceptors (Lipinski definition) is 9. The molecule has 2 atom stereocenters. The predicted molar refractivity (Wildman–Crippen MR) is 130 cm³/mol. The Kier molecular flexibility index (Phi) is 10.6. The molecule has 0 saturated carbocycles. The molecule has 1 aliphatic heterocycles. The van der Waals surface area contributed by atoms with Crippen molar-refractivity contribution in [2.75, 3.05) is 24.1 Å². The molecule has 0 radical (unpaired) electrons. The van der Waals surface area contributed by atoms with Crippen LogP contribution >= 0.6 is 33.3 Å². The Balaban J connectivity index is 2.08. The summed E-state index contributed by atoms with van der Waals surface area (Å²) in [5, 5.41) is 9.82. The lowest BCUT2D eigenvalue weighted by molar-refractivity contribution is -0.176. The maximum Gasteiger partial charge on any atom is 0.332 e. The number of ether oxygens (including phenoxy) is 2. The number of esters is 2. The Morgan fingerprint density at radius 1 is 1.16 bits per heavy atom. The van der Waals surface area contributed by atoms with E-state index in [4.69, 9.17) is 9.47 Å². The van der Waals surface area contributed by atoms with Crippen molar-refractivity contribution in [3.8, 4) is 5.75 Å². The average Bonchev–Trinajstić information content (AvgIpc) is 3.18. The number of aromatic hydroxyl groups is 1. The number of carbonyl (C=O) groups is 3. The summed E-state index contributed by atoms with van der Waals surface area (Å²) < 4.78 is 10.2. The fourth-order valence-electron chi connectivity index (χ4n) is 2.84. The molecule has 0 bridgehead atoms. The van der Waals surface area contributed by atoms with E-state index in [-0.39, 0.29) is 18.1 Å². The third-order valence-corrected chi connectivity index (χ3v) is 8.45. The van der Waals surface area contributed by atoms with E-state index in [0.29, 0.717) is 17.1 Å². The van der Waals surface area contributed by atoms with Crippen molar-refractivity contribution in [2.45, 2.75) is 52.0 Å². The first-order chi connectivity index (χ1) is 15.2. The van der Waals surface area contributed by atoms with Crippen molar-refractivity contribution < 1.29 is 29.0 Å². The van der Waals surface area contributed by atoms with Gasteiger partial charge in [0, 0.05) is 29.2 Å². The molecule has 1 fully saturated rings. The fourth-order valence-corrected chi connectivity index (χ4v) is 6.42. The van der Waals surface area contributed by atoms with Gasteiger partial charge in [0.2, 0.25) is 12.7 Å². The van der Waals surface area contributed by atoms with Crippen molar-refractivity contribution in [1.82, 2.24) is 4.90 Å². The number of benzene rings is 1. The molecule has 10 heteroatoms. The maximum atomic E-state index is 13.1. The number of thioether (sulfide) groups is 1. The highest BCUT2D eigenvalue weighted by molar-refractivity contribution is 8.76. The number of amides is 1. The Morgan fingerprint density at radius 2 is 1.84 bits per heavy atom. The molecule has 1 amide bonds. The molecule has 1 aliphatic rings. The van der Waals surface area contributed by atoms with Crippen LogP contribution in [0.1, 0.15) is 51.5 Å². The van der Waals surface area contributed by atoms with Gasteiger partial charge in [0.1, 0.15) is 17.2 Å². The van der Waals surface area contributed by atoms with Gasteiger partial charge in [-0.15, -0.1) is 11.8 Å². The second kappa shape index (κ2) is 12.6. The van der Waals surface area contributed by atoms with Crippen LogP contribution in [0.3, 0.4) is 0 Å². The van der Waals surface area contributed by atoms with Crippen molar-refractivity contribution in [2.24, 2.45) is 5.41 Å². The first kappa shape index (κ1) is 26.7. The van der Waals surface area contributed by atoms with Crippen molar-refractivity contribution in [3.05, 3.63) is 29.8 Å². The van der Waals surface area contributed by atoms with Crippen LogP contribution in [0.4, 0.5) is 0 Å². The zero-order valence-electron chi connectivity index (χ0n) is 18.9. The van der Waals surface area contributed by atoms with Crippen LogP contribution in [-0.2, 0) is 23.9 Å². The van der Waals surface area contributed by atoms with Gasteiger partial charge in [-0.3, -0.25) is 9.59 Å². The lowest BCUT2D eigenvalue weighted by atomic mass is 9.98. The van der Waals surface area contributed by atoms with Gasteiger partial charge in [0.15, 0.2) is 0 Å². The topological polar surface area (TPSA) is 93.1 Å². The standard InChI is InChI=1S/C22H31NO6S3/c1-5-11-31-32-12-10-18(25)23-16(20(26)28-14-29-21(27)22(2,3)4)13-30-19(23)15-8-6-7-9-17(15)24/h6-9,16,19,24H,5,10-14H2,1-4H3/t16-,19?/m0/s1. The molecule has 0 aliphatic carbocycles. The third kappa shape index (κ3) is 7.52. The average molecular weight is 502 g/mol. The fraction of sp³-hybridized carbons (Fsp3) is 0.591. The summed E-state index contributed by atoms with van der Waals surface area (Å²) in [6.45, 7) is 6.73. The van der Waals surface area contributed by atoms with Gasteiger partial charge in [-0.25, -0.2) is 4.79 Å². The molecule has 1 saturated heterocycles. The Hall–Kier alpha value is -1.52. The van der Waals surface area contributed by atoms with Crippen LogP contribution in [0.15, 0.2) is 24.3 Å². The number of carbonyl (C=O) groups excluding carboxylic acids is 3. The molecule has 0 spiro atoms. The van der Waals surface area contributed by atoms with E-state index in [0.717, 1.165) is 12.2 Å². The van der Waals surface area contributed by atoms with Gasteiger partial charge in [0.05, 0.1) is 5.41 Å². The number of phenols is 1. The molecule has 1 aromatic carbocycles. The third-order valence-electron chi connectivity index (χ3n) is 4.54. The summed E-state index contributed by atoms with van der Waals surface area (Å²) in [6, 6.07) is 5.98. The van der Waals surface area contributed by atoms with Gasteiger partial charge in [-0.05, 0) is 33.3 Å². The highest BCUT2D eigenvalue weighted by atomic mass is 33.1. The largest absolute Gasteiger partial charge is 0.508 e. The van der Waals surface area contributed by atoms with E-state index >= 15 is 0 Å². The van der Waals surface area contributed by atoms with Gasteiger partial charge < -0.3 is 19.5 Å². The summed E-state index contributed by atoms with van der Waals surface area (Å²) in [4.78, 5) is 39.3. The van der Waals surface area contributed by atoms with Crippen LogP contribution in [-0.4, -0.2) is 57.9 Å². The number of para-hydroxylation sites is 1. The highest BCUT2D eigenvalue weighted by Crippen LogP contribution is 2.45. The van der Waals surface area contributed by atoms with Gasteiger partial charge in [-0.2, -0.15) is 0 Å². The van der Waals surface area contributed by atoms with E-state index in [1.54, 1.807) is 66.6 Å². The van der Waals surface area contributed by atoms with Crippen molar-refractivity contribution >= 4 is 51.2 Å². The van der Waals surface area contributed by atoms with Crippen LogP contribution in [0.25, 0.3) is 0 Å². The summed E-state index contributed by atoms with van der Waals surface area (Å²) in [5.74, 6) is 0.759. The smallest absolute Gasteiger partial charge is 0.332 e. The van der Waals surface area contributed by atoms with Crippen LogP contribution < -0.4 is 0 Å². The number of rotatable bonds is 10. The molecule has 1 N–H and O–H groups in total. The second-order valence-electron chi connectivity index (χ2n) is 8.22. The zero-order valence-corrected chi connectivity index (χ0v) is 21.3. The minimum absolute atomic E-state index is 0.0730. The van der Waals surface area contributed by atoms with Crippen LogP contribution in [0.5, 0.6) is 5.75 Å². The summed E-state index contributed by atoms with van der Waals surface area (Å²) in [6.07, 6.45) is 1.34. The molecular formula is C22H31NO6S3. The minimum Gasteiger partial charge on any atom is -0.508 e. The quantitative estimate of drug-likeness (QED) is 0.213. The number of nitrogens with zero attached hydrogens (tertiary/aromatic N) is 1. The summed E-state index contributed by atoms with van der Waals surface area (Å²) in [7, 11) is 3.35. The lowest BCUT2D eigenvalue weighted by Crippen LogP contribution is -2.44. The monoisotopic (exact) mass is 501 g/mol. The molecule has 1 unspecified atom stereocenters. The molecule has 2 rings (SSSR count). The van der Waals surface area contributed by atoms with Crippen molar-refractivity contribution in [1.29, 1.82) is 0 Å². The first-order valence-corrected chi connectivity index (χ1v) is 14.0. The predicted octanol–water partition coefficient (Wildman–Crippen LogP) is 4.61. The lowest BCUT2D eigenvalue weighted by Gasteiger charge is -2.29. The summed E-state index contributed by atoms with van der Waals surface area (Å²) in [5.41, 5.74) is -0.130. The number of hydrogen-bond donors (Lipinski definition) is 1. The highest BCUT2D eigenvalue weighted by Gasteiger charge is 2.43. The zero-order chi connectivity index (χ0) is 23.7. The SMILES string of the molecule is CCCSSCCC(=O)N1C(c2ccccc2O)SC[C@H]1C(=O)OCOC(=O)C(C)(C)C. The van der Waals surface area contributed by atoms with Crippen LogP contribution in [0.2, 0.25) is 0 Å². The molecule has 178 valence electrons. The van der Waals surface area contributed by atoms with E-state index in [1.165, 1.54) is 16.7 Å². The minimum atomic E-state index is -0.821.